The van der Waals surface area contributed by atoms with Crippen LogP contribution in [-0.2, 0) is 4.79 Å². The molecule has 0 radical (unpaired) electrons. The SMILES string of the molecule is O=C(Nc1nc2ccc3cc(F)ccc3c2s1)[C@@H]1CCNC1. The number of hydrogen-bond acceptors (Lipinski definition) is 4. The van der Waals surface area contributed by atoms with Gasteiger partial charge in [-0.3, -0.25) is 4.79 Å². The number of amides is 1. The molecule has 1 saturated heterocycles. The van der Waals surface area contributed by atoms with Crippen molar-refractivity contribution in [2.75, 3.05) is 18.4 Å². The fourth-order valence-electron chi connectivity index (χ4n) is 2.82. The second kappa shape index (κ2) is 5.30. The number of carbonyl (C=O) groups is 1. The van der Waals surface area contributed by atoms with E-state index in [0.717, 1.165) is 40.5 Å². The normalized spacial score (nSPS) is 18.1. The van der Waals surface area contributed by atoms with Gasteiger partial charge in [-0.05, 0) is 42.6 Å². The van der Waals surface area contributed by atoms with Crippen LogP contribution in [0.25, 0.3) is 21.0 Å². The molecule has 0 aliphatic carbocycles. The minimum atomic E-state index is -0.251. The van der Waals surface area contributed by atoms with Gasteiger partial charge in [0.05, 0.1) is 16.1 Å². The molecule has 2 heterocycles. The van der Waals surface area contributed by atoms with Crippen LogP contribution in [0.5, 0.6) is 0 Å². The third-order valence-electron chi connectivity index (χ3n) is 3.99. The van der Waals surface area contributed by atoms with Gasteiger partial charge in [-0.2, -0.15) is 0 Å². The van der Waals surface area contributed by atoms with E-state index >= 15 is 0 Å². The van der Waals surface area contributed by atoms with Crippen molar-refractivity contribution in [2.45, 2.75) is 6.42 Å². The molecule has 2 N–H and O–H groups in total. The van der Waals surface area contributed by atoms with Gasteiger partial charge in [0, 0.05) is 11.9 Å². The lowest BCUT2D eigenvalue weighted by atomic mass is 10.1. The van der Waals surface area contributed by atoms with E-state index in [0.29, 0.717) is 5.13 Å². The number of anilines is 1. The van der Waals surface area contributed by atoms with E-state index in [4.69, 9.17) is 0 Å². The third kappa shape index (κ3) is 2.34. The molecule has 3 aromatic rings. The summed E-state index contributed by atoms with van der Waals surface area (Å²) in [5.74, 6) is -0.226. The zero-order chi connectivity index (χ0) is 15.1. The maximum Gasteiger partial charge on any atom is 0.230 e. The average molecular weight is 315 g/mol. The predicted octanol–water partition coefficient (Wildman–Crippen LogP) is 3.14. The number of nitrogens with one attached hydrogen (secondary N) is 2. The number of rotatable bonds is 2. The Bertz CT molecular complexity index is 870. The maximum absolute atomic E-state index is 13.3. The molecule has 1 aliphatic rings. The summed E-state index contributed by atoms with van der Waals surface area (Å²) in [6, 6.07) is 8.44. The molecule has 4 rings (SSSR count). The van der Waals surface area contributed by atoms with Crippen molar-refractivity contribution in [2.24, 2.45) is 5.92 Å². The smallest absolute Gasteiger partial charge is 0.230 e. The molecule has 0 bridgehead atoms. The van der Waals surface area contributed by atoms with E-state index in [9.17, 15) is 9.18 Å². The number of halogens is 1. The maximum atomic E-state index is 13.3. The van der Waals surface area contributed by atoms with E-state index in [2.05, 4.69) is 15.6 Å². The highest BCUT2D eigenvalue weighted by Gasteiger charge is 2.23. The topological polar surface area (TPSA) is 54.0 Å². The molecule has 1 atom stereocenters. The van der Waals surface area contributed by atoms with E-state index in [1.165, 1.54) is 23.5 Å². The Labute approximate surface area is 130 Å². The number of benzene rings is 2. The van der Waals surface area contributed by atoms with Crippen molar-refractivity contribution >= 4 is 43.4 Å². The van der Waals surface area contributed by atoms with Gasteiger partial charge in [0.1, 0.15) is 5.82 Å². The Morgan fingerprint density at radius 3 is 3.09 bits per heavy atom. The second-order valence-electron chi connectivity index (χ2n) is 5.48. The van der Waals surface area contributed by atoms with Gasteiger partial charge < -0.3 is 10.6 Å². The third-order valence-corrected chi connectivity index (χ3v) is 5.01. The van der Waals surface area contributed by atoms with Gasteiger partial charge >= 0.3 is 0 Å². The zero-order valence-corrected chi connectivity index (χ0v) is 12.5. The number of hydrogen-bond donors (Lipinski definition) is 2. The van der Waals surface area contributed by atoms with Crippen molar-refractivity contribution in [1.29, 1.82) is 0 Å². The Balaban J connectivity index is 1.70. The summed E-state index contributed by atoms with van der Waals surface area (Å²) in [4.78, 5) is 16.6. The van der Waals surface area contributed by atoms with Crippen molar-refractivity contribution in [3.8, 4) is 0 Å². The molecule has 112 valence electrons. The van der Waals surface area contributed by atoms with Crippen LogP contribution >= 0.6 is 11.3 Å². The number of carbonyl (C=O) groups excluding carboxylic acids is 1. The molecular formula is C16H14FN3OS. The monoisotopic (exact) mass is 315 g/mol. The molecule has 2 aromatic carbocycles. The molecule has 6 heteroatoms. The summed E-state index contributed by atoms with van der Waals surface area (Å²) in [6.45, 7) is 1.60. The van der Waals surface area contributed by atoms with Crippen LogP contribution in [0, 0.1) is 11.7 Å². The van der Waals surface area contributed by atoms with Crippen LogP contribution in [-0.4, -0.2) is 24.0 Å². The number of nitrogens with zero attached hydrogens (tertiary/aromatic N) is 1. The molecular weight excluding hydrogens is 301 g/mol. The van der Waals surface area contributed by atoms with Gasteiger partial charge in [-0.25, -0.2) is 9.37 Å². The van der Waals surface area contributed by atoms with E-state index < -0.39 is 0 Å². The van der Waals surface area contributed by atoms with Gasteiger partial charge in [0.2, 0.25) is 5.91 Å². The van der Waals surface area contributed by atoms with Crippen LogP contribution in [0.1, 0.15) is 6.42 Å². The summed E-state index contributed by atoms with van der Waals surface area (Å²) in [5.41, 5.74) is 0.823. The van der Waals surface area contributed by atoms with Crippen molar-refractivity contribution in [1.82, 2.24) is 10.3 Å². The molecule has 1 fully saturated rings. The summed E-state index contributed by atoms with van der Waals surface area (Å²) < 4.78 is 14.3. The molecule has 0 unspecified atom stereocenters. The lowest BCUT2D eigenvalue weighted by Crippen LogP contribution is -2.24. The zero-order valence-electron chi connectivity index (χ0n) is 11.7. The molecule has 0 saturated carbocycles. The Morgan fingerprint density at radius 2 is 2.27 bits per heavy atom. The van der Waals surface area contributed by atoms with E-state index in [1.807, 2.05) is 12.1 Å². The van der Waals surface area contributed by atoms with Gasteiger partial charge in [-0.15, -0.1) is 0 Å². The first-order valence-electron chi connectivity index (χ1n) is 7.21. The fraction of sp³-hybridized carbons (Fsp3) is 0.250. The Morgan fingerprint density at radius 1 is 1.36 bits per heavy atom. The minimum absolute atomic E-state index is 0.0119. The first-order valence-corrected chi connectivity index (χ1v) is 8.03. The molecule has 0 spiro atoms. The molecule has 4 nitrogen and oxygen atoms in total. The van der Waals surface area contributed by atoms with Crippen LogP contribution in [0.4, 0.5) is 9.52 Å². The molecule has 1 aromatic heterocycles. The highest BCUT2D eigenvalue weighted by molar-refractivity contribution is 7.23. The lowest BCUT2D eigenvalue weighted by molar-refractivity contribution is -0.119. The Hall–Kier alpha value is -2.05. The van der Waals surface area contributed by atoms with Crippen molar-refractivity contribution in [3.05, 3.63) is 36.1 Å². The molecule has 1 aliphatic heterocycles. The fourth-order valence-corrected chi connectivity index (χ4v) is 3.83. The largest absolute Gasteiger partial charge is 0.316 e. The lowest BCUT2D eigenvalue weighted by Gasteiger charge is -2.06. The standard InChI is InChI=1S/C16H14FN3OS/c17-11-2-3-12-9(7-11)1-4-13-14(12)22-16(19-13)20-15(21)10-5-6-18-8-10/h1-4,7,10,18H,5-6,8H2,(H,19,20,21)/t10-/m1/s1. The number of thiazole rings is 1. The van der Waals surface area contributed by atoms with E-state index in [-0.39, 0.29) is 17.6 Å². The first kappa shape index (κ1) is 13.6. The Kier molecular flexibility index (Phi) is 3.28. The quantitative estimate of drug-likeness (QED) is 0.764. The van der Waals surface area contributed by atoms with Crippen LogP contribution < -0.4 is 10.6 Å². The highest BCUT2D eigenvalue weighted by Crippen LogP contribution is 2.33. The van der Waals surface area contributed by atoms with Crippen molar-refractivity contribution in [3.63, 3.8) is 0 Å². The van der Waals surface area contributed by atoms with Gasteiger partial charge in [0.15, 0.2) is 5.13 Å². The highest BCUT2D eigenvalue weighted by atomic mass is 32.1. The minimum Gasteiger partial charge on any atom is -0.316 e. The summed E-state index contributed by atoms with van der Waals surface area (Å²) >= 11 is 1.43. The molecule has 1 amide bonds. The second-order valence-corrected chi connectivity index (χ2v) is 6.48. The van der Waals surface area contributed by atoms with Crippen LogP contribution in [0.2, 0.25) is 0 Å². The predicted molar refractivity (Wildman–Crippen MR) is 86.7 cm³/mol. The average Bonchev–Trinajstić information content (AvgIpc) is 3.15. The first-order chi connectivity index (χ1) is 10.7. The van der Waals surface area contributed by atoms with Crippen LogP contribution in [0.15, 0.2) is 30.3 Å². The van der Waals surface area contributed by atoms with Crippen LogP contribution in [0.3, 0.4) is 0 Å². The molecule has 22 heavy (non-hydrogen) atoms. The number of fused-ring (bicyclic) bond motifs is 3. The summed E-state index contributed by atoms with van der Waals surface area (Å²) in [6.07, 6.45) is 0.860. The summed E-state index contributed by atoms with van der Waals surface area (Å²) in [5, 5.41) is 8.49. The van der Waals surface area contributed by atoms with Gasteiger partial charge in [-0.1, -0.05) is 17.4 Å². The van der Waals surface area contributed by atoms with Gasteiger partial charge in [0.25, 0.3) is 0 Å². The summed E-state index contributed by atoms with van der Waals surface area (Å²) in [7, 11) is 0. The number of aromatic nitrogens is 1. The van der Waals surface area contributed by atoms with Crippen molar-refractivity contribution < 1.29 is 9.18 Å². The van der Waals surface area contributed by atoms with E-state index in [1.54, 1.807) is 6.07 Å².